The highest BCUT2D eigenvalue weighted by atomic mass is 32.2. The van der Waals surface area contributed by atoms with Gasteiger partial charge in [0.15, 0.2) is 0 Å². The van der Waals surface area contributed by atoms with Gasteiger partial charge in [0, 0.05) is 11.1 Å². The van der Waals surface area contributed by atoms with Crippen LogP contribution in [0.2, 0.25) is 0 Å². The third-order valence-electron chi connectivity index (χ3n) is 4.60. The van der Waals surface area contributed by atoms with Crippen LogP contribution in [0.15, 0.2) is 83.8 Å². The first-order valence-corrected chi connectivity index (χ1v) is 10.6. The van der Waals surface area contributed by atoms with Crippen LogP contribution in [0.3, 0.4) is 0 Å². The third-order valence-corrected chi connectivity index (χ3v) is 6.04. The maximum absolute atomic E-state index is 13.1. The summed E-state index contributed by atoms with van der Waals surface area (Å²) in [6.07, 6.45) is 0. The summed E-state index contributed by atoms with van der Waals surface area (Å²) in [5.41, 5.74) is 3.01. The van der Waals surface area contributed by atoms with Crippen LogP contribution in [0.4, 0.5) is 4.39 Å². The lowest BCUT2D eigenvalue weighted by Gasteiger charge is -2.17. The van der Waals surface area contributed by atoms with Crippen LogP contribution in [0, 0.1) is 12.7 Å². The molecule has 0 fully saturated rings. The van der Waals surface area contributed by atoms with Crippen LogP contribution in [-0.2, 0) is 16.6 Å². The van der Waals surface area contributed by atoms with Gasteiger partial charge in [-0.25, -0.2) is 17.5 Å². The van der Waals surface area contributed by atoms with Crippen molar-refractivity contribution in [3.05, 3.63) is 101 Å². The minimum atomic E-state index is -3.59. The van der Waals surface area contributed by atoms with E-state index in [0.717, 1.165) is 16.7 Å². The second-order valence-corrected chi connectivity index (χ2v) is 8.52. The molecule has 0 bridgehead atoms. The summed E-state index contributed by atoms with van der Waals surface area (Å²) in [4.78, 5) is 0.253. The van der Waals surface area contributed by atoms with Crippen LogP contribution in [-0.4, -0.2) is 15.0 Å². The van der Waals surface area contributed by atoms with Crippen LogP contribution >= 0.6 is 0 Å². The Morgan fingerprint density at radius 3 is 2.21 bits per heavy atom. The molecule has 4 nitrogen and oxygen atoms in total. The summed E-state index contributed by atoms with van der Waals surface area (Å²) in [6.45, 7) is 2.78. The van der Waals surface area contributed by atoms with Gasteiger partial charge in [0.2, 0.25) is 10.0 Å². The van der Waals surface area contributed by atoms with E-state index in [1.54, 1.807) is 36.4 Å². The average Bonchev–Trinajstić information content (AvgIpc) is 2.70. The van der Waals surface area contributed by atoms with Crippen molar-refractivity contribution >= 4 is 10.0 Å². The van der Waals surface area contributed by atoms with Crippen LogP contribution < -0.4 is 10.0 Å². The van der Waals surface area contributed by atoms with E-state index in [1.807, 2.05) is 37.3 Å². The Hall–Kier alpha value is -2.54. The van der Waals surface area contributed by atoms with Gasteiger partial charge in [-0.1, -0.05) is 60.2 Å². The highest BCUT2D eigenvalue weighted by molar-refractivity contribution is 7.89. The van der Waals surface area contributed by atoms with Gasteiger partial charge in [-0.2, -0.15) is 0 Å². The lowest BCUT2D eigenvalue weighted by molar-refractivity contribution is -0.709. The molecule has 0 aromatic heterocycles. The zero-order valence-corrected chi connectivity index (χ0v) is 16.5. The van der Waals surface area contributed by atoms with E-state index in [1.165, 1.54) is 12.1 Å². The summed E-state index contributed by atoms with van der Waals surface area (Å²) < 4.78 is 41.1. The molecule has 6 heteroatoms. The molecular formula is C22H24FN2O2S+. The Morgan fingerprint density at radius 1 is 0.929 bits per heavy atom. The van der Waals surface area contributed by atoms with E-state index >= 15 is 0 Å². The van der Waals surface area contributed by atoms with Crippen molar-refractivity contribution in [1.29, 1.82) is 0 Å². The monoisotopic (exact) mass is 399 g/mol. The molecule has 0 aliphatic rings. The first-order valence-electron chi connectivity index (χ1n) is 9.13. The van der Waals surface area contributed by atoms with Gasteiger partial charge in [0.05, 0.1) is 11.4 Å². The Labute approximate surface area is 165 Å². The van der Waals surface area contributed by atoms with Crippen molar-refractivity contribution in [2.24, 2.45) is 0 Å². The van der Waals surface area contributed by atoms with Crippen molar-refractivity contribution in [1.82, 2.24) is 4.72 Å². The number of halogens is 1. The van der Waals surface area contributed by atoms with Gasteiger partial charge >= 0.3 is 0 Å². The lowest BCUT2D eigenvalue weighted by Crippen LogP contribution is -2.85. The molecule has 3 rings (SSSR count). The normalized spacial score (nSPS) is 12.6. The highest BCUT2D eigenvalue weighted by Crippen LogP contribution is 2.12. The zero-order chi connectivity index (χ0) is 20.0. The third kappa shape index (κ3) is 5.48. The number of aryl methyl sites for hydroxylation is 1. The van der Waals surface area contributed by atoms with Crippen LogP contribution in [0.1, 0.15) is 22.7 Å². The summed E-state index contributed by atoms with van der Waals surface area (Å²) >= 11 is 0. The molecule has 28 heavy (non-hydrogen) atoms. The number of hydrogen-bond acceptors (Lipinski definition) is 2. The maximum Gasteiger partial charge on any atom is 0.240 e. The number of nitrogens with one attached hydrogen (secondary N) is 1. The predicted molar refractivity (Wildman–Crippen MR) is 108 cm³/mol. The summed E-state index contributed by atoms with van der Waals surface area (Å²) in [7, 11) is -3.59. The molecule has 0 aliphatic heterocycles. The Kier molecular flexibility index (Phi) is 6.57. The second-order valence-electron chi connectivity index (χ2n) is 6.75. The Morgan fingerprint density at radius 2 is 1.57 bits per heavy atom. The van der Waals surface area contributed by atoms with Crippen molar-refractivity contribution in [2.45, 2.75) is 24.4 Å². The van der Waals surface area contributed by atoms with Crippen molar-refractivity contribution in [2.75, 3.05) is 6.54 Å². The number of benzene rings is 3. The SMILES string of the molecule is Cc1ccc(S(=O)(=O)NC[C@H]([NH2+]Cc2ccc(F)cc2)c2ccccc2)cc1. The molecule has 0 aliphatic carbocycles. The molecular weight excluding hydrogens is 375 g/mol. The topological polar surface area (TPSA) is 62.8 Å². The molecule has 0 saturated carbocycles. The minimum absolute atomic E-state index is 0.105. The zero-order valence-electron chi connectivity index (χ0n) is 15.7. The Bertz CT molecular complexity index is 989. The minimum Gasteiger partial charge on any atom is -0.335 e. The largest absolute Gasteiger partial charge is 0.335 e. The van der Waals surface area contributed by atoms with Gasteiger partial charge in [-0.05, 0) is 31.2 Å². The molecule has 3 N–H and O–H groups in total. The van der Waals surface area contributed by atoms with E-state index < -0.39 is 10.0 Å². The molecule has 1 atom stereocenters. The molecule has 0 saturated heterocycles. The molecule has 0 amide bonds. The molecule has 3 aromatic carbocycles. The van der Waals surface area contributed by atoms with E-state index in [4.69, 9.17) is 0 Å². The van der Waals surface area contributed by atoms with Crippen molar-refractivity contribution in [3.63, 3.8) is 0 Å². The second kappa shape index (κ2) is 9.10. The van der Waals surface area contributed by atoms with E-state index in [9.17, 15) is 12.8 Å². The number of nitrogens with two attached hydrogens (primary N) is 1. The first-order chi connectivity index (χ1) is 13.4. The van der Waals surface area contributed by atoms with Crippen LogP contribution in [0.5, 0.6) is 0 Å². The van der Waals surface area contributed by atoms with Crippen molar-refractivity contribution < 1.29 is 18.1 Å². The predicted octanol–water partition coefficient (Wildman–Crippen LogP) is 2.92. The van der Waals surface area contributed by atoms with Gasteiger partial charge in [0.1, 0.15) is 18.4 Å². The first kappa shape index (κ1) is 20.2. The number of sulfonamides is 1. The fourth-order valence-corrected chi connectivity index (χ4v) is 4.00. The molecule has 0 radical (unpaired) electrons. The molecule has 0 heterocycles. The number of quaternary nitrogens is 1. The molecule has 146 valence electrons. The number of hydrogen-bond donors (Lipinski definition) is 2. The highest BCUT2D eigenvalue weighted by Gasteiger charge is 2.20. The van der Waals surface area contributed by atoms with E-state index in [2.05, 4.69) is 10.0 Å². The fourth-order valence-electron chi connectivity index (χ4n) is 2.94. The standard InChI is InChI=1S/C22H23FN2O2S/c1-17-7-13-21(14-8-17)28(26,27)25-16-22(19-5-3-2-4-6-19)24-15-18-9-11-20(23)12-10-18/h2-14,22,24-25H,15-16H2,1H3/p+1/t22-/m0/s1. The average molecular weight is 400 g/mol. The fraction of sp³-hybridized carbons (Fsp3) is 0.182. The molecule has 3 aromatic rings. The summed E-state index contributed by atoms with van der Waals surface area (Å²) in [5.74, 6) is -0.269. The summed E-state index contributed by atoms with van der Waals surface area (Å²) in [6, 6.07) is 22.8. The van der Waals surface area contributed by atoms with Gasteiger partial charge in [-0.15, -0.1) is 0 Å². The maximum atomic E-state index is 13.1. The van der Waals surface area contributed by atoms with E-state index in [0.29, 0.717) is 6.54 Å². The smallest absolute Gasteiger partial charge is 0.240 e. The van der Waals surface area contributed by atoms with Gasteiger partial charge in [-0.3, -0.25) is 0 Å². The Balaban J connectivity index is 1.72. The van der Waals surface area contributed by atoms with E-state index in [-0.39, 0.29) is 23.3 Å². The number of rotatable bonds is 8. The van der Waals surface area contributed by atoms with Gasteiger partial charge in [0.25, 0.3) is 0 Å². The molecule has 0 unspecified atom stereocenters. The van der Waals surface area contributed by atoms with Crippen molar-refractivity contribution in [3.8, 4) is 0 Å². The summed E-state index contributed by atoms with van der Waals surface area (Å²) in [5, 5.41) is 2.06. The quantitative estimate of drug-likeness (QED) is 0.612. The van der Waals surface area contributed by atoms with Gasteiger partial charge < -0.3 is 5.32 Å². The molecule has 0 spiro atoms. The lowest BCUT2D eigenvalue weighted by atomic mass is 10.1. The van der Waals surface area contributed by atoms with Crippen LogP contribution in [0.25, 0.3) is 0 Å².